The summed E-state index contributed by atoms with van der Waals surface area (Å²) in [4.78, 5) is 0.275. The van der Waals surface area contributed by atoms with Crippen LogP contribution in [0.3, 0.4) is 0 Å². The van der Waals surface area contributed by atoms with Crippen LogP contribution < -0.4 is 0 Å². The molecule has 132 valence electrons. The minimum Gasteiger partial charge on any atom is -0.623 e. The molecule has 1 aliphatic heterocycles. The lowest BCUT2D eigenvalue weighted by Crippen LogP contribution is -2.28. The molecule has 2 aromatic rings. The summed E-state index contributed by atoms with van der Waals surface area (Å²) in [6, 6.07) is 15.7. The van der Waals surface area contributed by atoms with Gasteiger partial charge in [-0.15, -0.1) is 0 Å². The smallest absolute Gasteiger partial charge is 0.200 e. The minimum atomic E-state index is -3.50. The predicted molar refractivity (Wildman–Crippen MR) is 99.6 cm³/mol. The first-order chi connectivity index (χ1) is 11.7. The van der Waals surface area contributed by atoms with E-state index >= 15 is 0 Å². The van der Waals surface area contributed by atoms with Crippen LogP contribution in [0.25, 0.3) is 0 Å². The summed E-state index contributed by atoms with van der Waals surface area (Å²) in [6.45, 7) is 5.91. The van der Waals surface area contributed by atoms with Crippen molar-refractivity contribution < 1.29 is 13.2 Å². The van der Waals surface area contributed by atoms with E-state index in [-0.39, 0.29) is 16.1 Å². The van der Waals surface area contributed by atoms with Gasteiger partial charge in [-0.05, 0) is 45.0 Å². The molecule has 2 aromatic carbocycles. The van der Waals surface area contributed by atoms with Crippen LogP contribution in [0, 0.1) is 17.5 Å². The van der Waals surface area contributed by atoms with Gasteiger partial charge in [-0.25, -0.2) is 13.2 Å². The molecule has 5 heteroatoms. The molecule has 0 saturated heterocycles. The quantitative estimate of drug-likeness (QED) is 0.621. The number of hydroxylamine groups is 1. The van der Waals surface area contributed by atoms with Gasteiger partial charge in [-0.3, -0.25) is 0 Å². The van der Waals surface area contributed by atoms with Crippen LogP contribution in [-0.2, 0) is 9.84 Å². The number of hydrogen-bond donors (Lipinski definition) is 0. The van der Waals surface area contributed by atoms with Crippen LogP contribution in [0.4, 0.5) is 0 Å². The average molecular weight is 357 g/mol. The standard InChI is InChI=1S/C20H23NO3S/c1-15-9-11-18(12-10-15)25(23,24)14-17-13-20(2,3)19(21(17)22)16-7-5-4-6-8-16/h4-12,17H,13-14H2,1-3H3/t17-/m0/s1. The van der Waals surface area contributed by atoms with Gasteiger partial charge in [0.2, 0.25) is 5.71 Å². The van der Waals surface area contributed by atoms with Crippen LogP contribution in [0.15, 0.2) is 59.5 Å². The summed E-state index contributed by atoms with van der Waals surface area (Å²) in [6.07, 6.45) is 0.520. The maximum Gasteiger partial charge on any atom is 0.200 e. The summed E-state index contributed by atoms with van der Waals surface area (Å²) < 4.78 is 26.4. The Labute approximate surface area is 149 Å². The summed E-state index contributed by atoms with van der Waals surface area (Å²) in [5, 5.41) is 12.9. The average Bonchev–Trinajstić information content (AvgIpc) is 2.76. The Morgan fingerprint density at radius 2 is 1.68 bits per heavy atom. The van der Waals surface area contributed by atoms with Crippen molar-refractivity contribution in [1.29, 1.82) is 0 Å². The highest BCUT2D eigenvalue weighted by Crippen LogP contribution is 2.36. The third-order valence-electron chi connectivity index (χ3n) is 4.78. The lowest BCUT2D eigenvalue weighted by molar-refractivity contribution is -0.485. The molecule has 0 fully saturated rings. The SMILES string of the molecule is Cc1ccc(S(=O)(=O)C[C@@H]2CC(C)(C)C(c3ccccc3)=[N+]2[O-])cc1. The Hall–Kier alpha value is -2.14. The zero-order chi connectivity index (χ0) is 18.2. The molecule has 1 aliphatic rings. The maximum absolute atomic E-state index is 12.9. The molecule has 0 spiro atoms. The molecule has 0 saturated carbocycles. The first-order valence-electron chi connectivity index (χ1n) is 8.39. The van der Waals surface area contributed by atoms with Gasteiger partial charge in [0.05, 0.1) is 10.3 Å². The van der Waals surface area contributed by atoms with E-state index in [4.69, 9.17) is 0 Å². The Bertz CT molecular complexity index is 898. The molecular weight excluding hydrogens is 334 g/mol. The molecule has 1 atom stereocenters. The van der Waals surface area contributed by atoms with Crippen LogP contribution in [0.5, 0.6) is 0 Å². The van der Waals surface area contributed by atoms with Crippen molar-refractivity contribution in [2.45, 2.75) is 38.1 Å². The van der Waals surface area contributed by atoms with Crippen molar-refractivity contribution >= 4 is 15.5 Å². The highest BCUT2D eigenvalue weighted by atomic mass is 32.2. The second-order valence-corrected chi connectivity index (χ2v) is 9.41. The van der Waals surface area contributed by atoms with Crippen LogP contribution in [0.2, 0.25) is 0 Å². The predicted octanol–water partition coefficient (Wildman–Crippen LogP) is 3.57. The molecule has 0 aromatic heterocycles. The molecule has 0 bridgehead atoms. The Morgan fingerprint density at radius 3 is 2.28 bits per heavy atom. The Morgan fingerprint density at radius 1 is 1.08 bits per heavy atom. The van der Waals surface area contributed by atoms with Crippen molar-refractivity contribution in [2.75, 3.05) is 5.75 Å². The summed E-state index contributed by atoms with van der Waals surface area (Å²) in [7, 11) is -3.50. The highest BCUT2D eigenvalue weighted by molar-refractivity contribution is 7.91. The van der Waals surface area contributed by atoms with E-state index < -0.39 is 15.9 Å². The summed E-state index contributed by atoms with van der Waals surface area (Å²) in [5.74, 6) is -0.167. The fourth-order valence-corrected chi connectivity index (χ4v) is 5.09. The van der Waals surface area contributed by atoms with Gasteiger partial charge in [0.15, 0.2) is 15.9 Å². The fraction of sp³-hybridized carbons (Fsp3) is 0.350. The Kier molecular flexibility index (Phi) is 4.45. The molecule has 0 radical (unpaired) electrons. The number of rotatable bonds is 4. The third-order valence-corrected chi connectivity index (χ3v) is 6.59. The molecule has 25 heavy (non-hydrogen) atoms. The van der Waals surface area contributed by atoms with Crippen molar-refractivity contribution in [3.63, 3.8) is 0 Å². The largest absolute Gasteiger partial charge is 0.623 e. The number of benzene rings is 2. The van der Waals surface area contributed by atoms with Crippen molar-refractivity contribution in [3.05, 3.63) is 70.9 Å². The van der Waals surface area contributed by atoms with Crippen molar-refractivity contribution in [2.24, 2.45) is 5.41 Å². The molecule has 0 unspecified atom stereocenters. The van der Waals surface area contributed by atoms with E-state index in [9.17, 15) is 13.6 Å². The van der Waals surface area contributed by atoms with Crippen LogP contribution in [-0.4, -0.2) is 30.7 Å². The van der Waals surface area contributed by atoms with E-state index in [0.717, 1.165) is 15.9 Å². The first-order valence-corrected chi connectivity index (χ1v) is 10.0. The molecule has 0 N–H and O–H groups in total. The molecule has 1 heterocycles. The van der Waals surface area contributed by atoms with Gasteiger partial charge in [0.1, 0.15) is 5.75 Å². The van der Waals surface area contributed by atoms with Crippen LogP contribution in [0.1, 0.15) is 31.4 Å². The Balaban J connectivity index is 1.94. The number of aryl methyl sites for hydroxylation is 1. The highest BCUT2D eigenvalue weighted by Gasteiger charge is 2.46. The normalized spacial score (nSPS) is 20.0. The van der Waals surface area contributed by atoms with Gasteiger partial charge >= 0.3 is 0 Å². The van der Waals surface area contributed by atoms with E-state index in [0.29, 0.717) is 12.1 Å². The fourth-order valence-electron chi connectivity index (χ4n) is 3.59. The van der Waals surface area contributed by atoms with Gasteiger partial charge in [-0.2, -0.15) is 0 Å². The second kappa shape index (κ2) is 6.30. The van der Waals surface area contributed by atoms with E-state index in [1.807, 2.05) is 51.1 Å². The molecule has 0 amide bonds. The lowest BCUT2D eigenvalue weighted by Gasteiger charge is -2.15. The minimum absolute atomic E-state index is 0.167. The van der Waals surface area contributed by atoms with E-state index in [2.05, 4.69) is 0 Å². The third kappa shape index (κ3) is 3.47. The zero-order valence-electron chi connectivity index (χ0n) is 14.8. The number of sulfone groups is 1. The van der Waals surface area contributed by atoms with E-state index in [1.165, 1.54) is 0 Å². The summed E-state index contributed by atoms with van der Waals surface area (Å²) in [5.41, 5.74) is 2.16. The summed E-state index contributed by atoms with van der Waals surface area (Å²) >= 11 is 0. The van der Waals surface area contributed by atoms with E-state index in [1.54, 1.807) is 24.3 Å². The molecule has 3 rings (SSSR count). The van der Waals surface area contributed by atoms with Crippen LogP contribution >= 0.6 is 0 Å². The monoisotopic (exact) mass is 357 g/mol. The number of hydrogen-bond acceptors (Lipinski definition) is 3. The van der Waals surface area contributed by atoms with Crippen molar-refractivity contribution in [3.8, 4) is 0 Å². The topological polar surface area (TPSA) is 60.2 Å². The lowest BCUT2D eigenvalue weighted by atomic mass is 9.82. The van der Waals surface area contributed by atoms with Gasteiger partial charge in [0, 0.05) is 12.0 Å². The zero-order valence-corrected chi connectivity index (χ0v) is 15.6. The number of nitrogens with zero attached hydrogens (tertiary/aromatic N) is 1. The van der Waals surface area contributed by atoms with Crippen molar-refractivity contribution in [1.82, 2.24) is 0 Å². The van der Waals surface area contributed by atoms with Gasteiger partial charge < -0.3 is 5.21 Å². The van der Waals surface area contributed by atoms with Gasteiger partial charge in [0.25, 0.3) is 0 Å². The molecule has 0 aliphatic carbocycles. The maximum atomic E-state index is 12.9. The molecule has 4 nitrogen and oxygen atoms in total. The second-order valence-electron chi connectivity index (χ2n) is 7.38. The van der Waals surface area contributed by atoms with Gasteiger partial charge in [-0.1, -0.05) is 35.9 Å². The first kappa shape index (κ1) is 17.7. The molecular formula is C20H23NO3S.